The summed E-state index contributed by atoms with van der Waals surface area (Å²) in [7, 11) is 1.61. The van der Waals surface area contributed by atoms with Gasteiger partial charge in [0.15, 0.2) is 0 Å². The van der Waals surface area contributed by atoms with Crippen LogP contribution in [0.4, 0.5) is 10.5 Å². The van der Waals surface area contributed by atoms with Gasteiger partial charge < -0.3 is 19.7 Å². The number of hydrogen-bond acceptors (Lipinski definition) is 5. The maximum absolute atomic E-state index is 13.5. The Bertz CT molecular complexity index is 1150. The standard InChI is InChI=1S/C26H29N3O4/c1-26(2,3)33-25(31)29-15-20(17-10-12-19(32-4)13-11-17)21(16-29)24(30)28-22-9-5-7-18-8-6-14-27-23(18)22/h5-14,20-21H,15-16H2,1-4H3,(H,28,30)/t20-,21+/m0/s1. The number of carbonyl (C=O) groups excluding carboxylic acids is 2. The summed E-state index contributed by atoms with van der Waals surface area (Å²) in [4.78, 5) is 32.3. The van der Waals surface area contributed by atoms with Gasteiger partial charge in [-0.05, 0) is 50.6 Å². The number of rotatable bonds is 4. The second kappa shape index (κ2) is 9.10. The van der Waals surface area contributed by atoms with Crippen LogP contribution in [0.2, 0.25) is 0 Å². The molecule has 2 amide bonds. The lowest BCUT2D eigenvalue weighted by Crippen LogP contribution is -2.36. The molecule has 0 unspecified atom stereocenters. The number of likely N-dealkylation sites (tertiary alicyclic amines) is 1. The first-order valence-electron chi connectivity index (χ1n) is 11.0. The molecule has 1 aliphatic heterocycles. The predicted molar refractivity (Wildman–Crippen MR) is 127 cm³/mol. The minimum atomic E-state index is -0.609. The van der Waals surface area contributed by atoms with Crippen LogP contribution < -0.4 is 10.1 Å². The molecule has 1 N–H and O–H groups in total. The van der Waals surface area contributed by atoms with Gasteiger partial charge in [0, 0.05) is 30.6 Å². The topological polar surface area (TPSA) is 80.8 Å². The minimum absolute atomic E-state index is 0.153. The van der Waals surface area contributed by atoms with Gasteiger partial charge in [0.05, 0.1) is 24.2 Å². The molecule has 7 heteroatoms. The van der Waals surface area contributed by atoms with E-state index >= 15 is 0 Å². The Labute approximate surface area is 193 Å². The van der Waals surface area contributed by atoms with Crippen molar-refractivity contribution in [3.63, 3.8) is 0 Å². The number of hydrogen-bond donors (Lipinski definition) is 1. The number of aromatic nitrogens is 1. The van der Waals surface area contributed by atoms with Crippen LogP contribution in [0.3, 0.4) is 0 Å². The average molecular weight is 448 g/mol. The van der Waals surface area contributed by atoms with E-state index in [2.05, 4.69) is 10.3 Å². The third-order valence-corrected chi connectivity index (χ3v) is 5.74. The van der Waals surface area contributed by atoms with Crippen LogP contribution in [0.25, 0.3) is 10.9 Å². The van der Waals surface area contributed by atoms with Crippen molar-refractivity contribution in [1.82, 2.24) is 9.88 Å². The van der Waals surface area contributed by atoms with Crippen molar-refractivity contribution in [2.45, 2.75) is 32.3 Å². The fourth-order valence-corrected chi connectivity index (χ4v) is 4.16. The lowest BCUT2D eigenvalue weighted by molar-refractivity contribution is -0.119. The van der Waals surface area contributed by atoms with Gasteiger partial charge in [-0.3, -0.25) is 9.78 Å². The van der Waals surface area contributed by atoms with Crippen molar-refractivity contribution in [2.75, 3.05) is 25.5 Å². The summed E-state index contributed by atoms with van der Waals surface area (Å²) < 4.78 is 10.8. The Hall–Kier alpha value is -3.61. The Kier molecular flexibility index (Phi) is 6.22. The molecule has 1 saturated heterocycles. The first kappa shape index (κ1) is 22.6. The van der Waals surface area contributed by atoms with E-state index in [0.717, 1.165) is 22.2 Å². The van der Waals surface area contributed by atoms with Gasteiger partial charge in [-0.25, -0.2) is 4.79 Å². The summed E-state index contributed by atoms with van der Waals surface area (Å²) in [5.74, 6) is -0.0279. The van der Waals surface area contributed by atoms with E-state index in [4.69, 9.17) is 9.47 Å². The molecule has 0 radical (unpaired) electrons. The average Bonchev–Trinajstić information content (AvgIpc) is 3.24. The predicted octanol–water partition coefficient (Wildman–Crippen LogP) is 4.83. The Morgan fingerprint density at radius 2 is 1.76 bits per heavy atom. The summed E-state index contributed by atoms with van der Waals surface area (Å²) in [6.07, 6.45) is 1.29. The Balaban J connectivity index is 1.61. The number of para-hydroxylation sites is 1. The molecule has 1 aliphatic rings. The normalized spacial score (nSPS) is 18.2. The van der Waals surface area contributed by atoms with Gasteiger partial charge in [-0.15, -0.1) is 0 Å². The molecule has 0 saturated carbocycles. The van der Waals surface area contributed by atoms with E-state index < -0.39 is 17.6 Å². The quantitative estimate of drug-likeness (QED) is 0.619. The van der Waals surface area contributed by atoms with Gasteiger partial charge >= 0.3 is 6.09 Å². The molecule has 33 heavy (non-hydrogen) atoms. The third-order valence-electron chi connectivity index (χ3n) is 5.74. The fourth-order valence-electron chi connectivity index (χ4n) is 4.16. The molecule has 7 nitrogen and oxygen atoms in total. The number of amides is 2. The number of carbonyl (C=O) groups is 2. The largest absolute Gasteiger partial charge is 0.497 e. The summed E-state index contributed by atoms with van der Waals surface area (Å²) >= 11 is 0. The molecular weight excluding hydrogens is 418 g/mol. The lowest BCUT2D eigenvalue weighted by atomic mass is 9.88. The van der Waals surface area contributed by atoms with Crippen molar-refractivity contribution in [1.29, 1.82) is 0 Å². The minimum Gasteiger partial charge on any atom is -0.497 e. The molecule has 0 bridgehead atoms. The van der Waals surface area contributed by atoms with Crippen molar-refractivity contribution in [3.05, 3.63) is 66.4 Å². The Morgan fingerprint density at radius 1 is 1.03 bits per heavy atom. The zero-order chi connectivity index (χ0) is 23.6. The summed E-state index contributed by atoms with van der Waals surface area (Å²) in [5.41, 5.74) is 1.75. The van der Waals surface area contributed by atoms with Crippen LogP contribution in [0.15, 0.2) is 60.8 Å². The maximum atomic E-state index is 13.5. The van der Waals surface area contributed by atoms with Crippen molar-refractivity contribution < 1.29 is 19.1 Å². The lowest BCUT2D eigenvalue weighted by Gasteiger charge is -2.24. The number of fused-ring (bicyclic) bond motifs is 1. The second-order valence-corrected chi connectivity index (χ2v) is 9.24. The highest BCUT2D eigenvalue weighted by atomic mass is 16.6. The molecule has 2 atom stereocenters. The molecule has 3 aromatic rings. The van der Waals surface area contributed by atoms with Gasteiger partial charge in [-0.1, -0.05) is 30.3 Å². The Morgan fingerprint density at radius 3 is 2.45 bits per heavy atom. The fraction of sp³-hybridized carbons (Fsp3) is 0.346. The molecule has 1 aromatic heterocycles. The number of nitrogens with one attached hydrogen (secondary N) is 1. The molecule has 4 rings (SSSR count). The second-order valence-electron chi connectivity index (χ2n) is 9.24. The molecule has 172 valence electrons. The zero-order valence-corrected chi connectivity index (χ0v) is 19.4. The molecule has 0 aliphatic carbocycles. The van der Waals surface area contributed by atoms with Crippen LogP contribution in [0.5, 0.6) is 5.75 Å². The van der Waals surface area contributed by atoms with E-state index in [1.54, 1.807) is 18.2 Å². The SMILES string of the molecule is COc1ccc([C@@H]2CN(C(=O)OC(C)(C)C)C[C@H]2C(=O)Nc2cccc3cccnc23)cc1. The van der Waals surface area contributed by atoms with Crippen LogP contribution in [-0.4, -0.2) is 47.7 Å². The van der Waals surface area contributed by atoms with Gasteiger partial charge in [-0.2, -0.15) is 0 Å². The van der Waals surface area contributed by atoms with E-state index in [1.165, 1.54) is 0 Å². The van der Waals surface area contributed by atoms with Crippen molar-refractivity contribution >= 4 is 28.6 Å². The molecular formula is C26H29N3O4. The monoisotopic (exact) mass is 447 g/mol. The first-order chi connectivity index (χ1) is 15.7. The summed E-state index contributed by atoms with van der Waals surface area (Å²) in [6, 6.07) is 17.1. The summed E-state index contributed by atoms with van der Waals surface area (Å²) in [5, 5.41) is 4.00. The highest BCUT2D eigenvalue weighted by Gasteiger charge is 2.42. The van der Waals surface area contributed by atoms with Gasteiger partial charge in [0.25, 0.3) is 0 Å². The number of pyridine rings is 1. The third kappa shape index (κ3) is 5.08. The molecule has 2 aromatic carbocycles. The zero-order valence-electron chi connectivity index (χ0n) is 19.4. The van der Waals surface area contributed by atoms with E-state index in [-0.39, 0.29) is 18.4 Å². The summed E-state index contributed by atoms with van der Waals surface area (Å²) in [6.45, 7) is 6.17. The molecule has 0 spiro atoms. The van der Waals surface area contributed by atoms with Crippen LogP contribution in [0.1, 0.15) is 32.3 Å². The first-order valence-corrected chi connectivity index (χ1v) is 11.0. The van der Waals surface area contributed by atoms with Crippen molar-refractivity contribution in [3.8, 4) is 5.75 Å². The van der Waals surface area contributed by atoms with Gasteiger partial charge in [0.2, 0.25) is 5.91 Å². The number of ether oxygens (including phenoxy) is 2. The maximum Gasteiger partial charge on any atom is 0.410 e. The smallest absolute Gasteiger partial charge is 0.410 e. The molecule has 1 fully saturated rings. The van der Waals surface area contributed by atoms with Crippen LogP contribution >= 0.6 is 0 Å². The van der Waals surface area contributed by atoms with Crippen LogP contribution in [0, 0.1) is 5.92 Å². The van der Waals surface area contributed by atoms with Crippen molar-refractivity contribution in [2.24, 2.45) is 5.92 Å². The number of methoxy groups -OCH3 is 1. The van der Waals surface area contributed by atoms with Gasteiger partial charge in [0.1, 0.15) is 11.4 Å². The van der Waals surface area contributed by atoms with E-state index in [1.807, 2.05) is 75.4 Å². The molecule has 2 heterocycles. The number of anilines is 1. The highest BCUT2D eigenvalue weighted by Crippen LogP contribution is 2.35. The highest BCUT2D eigenvalue weighted by molar-refractivity contribution is 6.01. The number of nitrogens with zero attached hydrogens (tertiary/aromatic N) is 2. The number of benzene rings is 2. The van der Waals surface area contributed by atoms with E-state index in [0.29, 0.717) is 12.2 Å². The van der Waals surface area contributed by atoms with E-state index in [9.17, 15) is 9.59 Å². The van der Waals surface area contributed by atoms with Crippen LogP contribution in [-0.2, 0) is 9.53 Å².